The molecule has 9 heteroatoms. The van der Waals surface area contributed by atoms with E-state index in [2.05, 4.69) is 15.6 Å². The van der Waals surface area contributed by atoms with Crippen LogP contribution in [0.2, 0.25) is 0 Å². The van der Waals surface area contributed by atoms with Crippen molar-refractivity contribution in [2.75, 3.05) is 39.0 Å². The maximum absolute atomic E-state index is 13.6. The molecule has 1 aromatic rings. The van der Waals surface area contributed by atoms with Gasteiger partial charge < -0.3 is 15.5 Å². The Hall–Kier alpha value is -2.16. The van der Waals surface area contributed by atoms with Crippen LogP contribution in [0.4, 0.5) is 4.39 Å². The predicted molar refractivity (Wildman–Crippen MR) is 99.5 cm³/mol. The highest BCUT2D eigenvalue weighted by atomic mass is 32.2. The number of rotatable bonds is 4. The van der Waals surface area contributed by atoms with Crippen molar-refractivity contribution < 1.29 is 17.6 Å². The van der Waals surface area contributed by atoms with Crippen molar-refractivity contribution in [3.8, 4) is 0 Å². The van der Waals surface area contributed by atoms with Crippen LogP contribution in [-0.2, 0) is 9.84 Å². The molecule has 26 heavy (non-hydrogen) atoms. The van der Waals surface area contributed by atoms with Crippen LogP contribution in [0.5, 0.6) is 0 Å². The van der Waals surface area contributed by atoms with Gasteiger partial charge in [0.1, 0.15) is 5.82 Å². The molecule has 144 valence electrons. The summed E-state index contributed by atoms with van der Waals surface area (Å²) in [7, 11) is -1.50. The van der Waals surface area contributed by atoms with Gasteiger partial charge in [0, 0.05) is 33.2 Å². The molecule has 1 amide bonds. The van der Waals surface area contributed by atoms with Crippen molar-refractivity contribution in [3.05, 3.63) is 35.6 Å². The fourth-order valence-corrected chi connectivity index (χ4v) is 4.11. The van der Waals surface area contributed by atoms with E-state index in [0.717, 1.165) is 0 Å². The Morgan fingerprint density at radius 1 is 1.27 bits per heavy atom. The molecule has 2 N–H and O–H groups in total. The van der Waals surface area contributed by atoms with Gasteiger partial charge in [-0.1, -0.05) is 12.1 Å². The standard InChI is InChI=1S/C17H25FN4O3S/c1-17(2)12-22(10-11-26(17,24)25)16(19-3)21-9-8-20-15(23)13-6-4-5-7-14(13)18/h4-7H,8-12H2,1-3H3,(H,19,21)(H,20,23). The van der Waals surface area contributed by atoms with Crippen LogP contribution in [0.15, 0.2) is 29.3 Å². The zero-order valence-electron chi connectivity index (χ0n) is 15.3. The summed E-state index contributed by atoms with van der Waals surface area (Å²) in [6, 6.07) is 5.79. The largest absolute Gasteiger partial charge is 0.354 e. The molecule has 1 aromatic carbocycles. The molecule has 1 heterocycles. The first-order valence-corrected chi connectivity index (χ1v) is 10.0. The normalized spacial score (nSPS) is 19.1. The van der Waals surface area contributed by atoms with Crippen molar-refractivity contribution in [3.63, 3.8) is 0 Å². The summed E-state index contributed by atoms with van der Waals surface area (Å²) in [4.78, 5) is 18.0. The average molecular weight is 384 g/mol. The van der Waals surface area contributed by atoms with E-state index in [0.29, 0.717) is 25.6 Å². The molecule has 0 atom stereocenters. The first kappa shape index (κ1) is 20.2. The van der Waals surface area contributed by atoms with Gasteiger partial charge >= 0.3 is 0 Å². The molecule has 0 radical (unpaired) electrons. The third-order valence-corrected chi connectivity index (χ3v) is 6.90. The molecule has 0 bridgehead atoms. The molecule has 1 fully saturated rings. The molecule has 1 aliphatic heterocycles. The number of benzene rings is 1. The lowest BCUT2D eigenvalue weighted by atomic mass is 10.2. The number of nitrogens with zero attached hydrogens (tertiary/aromatic N) is 2. The average Bonchev–Trinajstić information content (AvgIpc) is 2.58. The molecule has 7 nitrogen and oxygen atoms in total. The Labute approximate surface area is 153 Å². The van der Waals surface area contributed by atoms with Gasteiger partial charge in [-0.25, -0.2) is 12.8 Å². The second kappa shape index (κ2) is 8.03. The van der Waals surface area contributed by atoms with E-state index in [9.17, 15) is 17.6 Å². The monoisotopic (exact) mass is 384 g/mol. The number of amides is 1. The number of aliphatic imine (C=N–C) groups is 1. The Morgan fingerprint density at radius 3 is 2.54 bits per heavy atom. The van der Waals surface area contributed by atoms with Crippen molar-refractivity contribution in [2.45, 2.75) is 18.6 Å². The van der Waals surface area contributed by atoms with E-state index >= 15 is 0 Å². The summed E-state index contributed by atoms with van der Waals surface area (Å²) in [6.07, 6.45) is 0. The van der Waals surface area contributed by atoms with E-state index in [-0.39, 0.29) is 17.9 Å². The van der Waals surface area contributed by atoms with Crippen LogP contribution >= 0.6 is 0 Å². The summed E-state index contributed by atoms with van der Waals surface area (Å²) >= 11 is 0. The van der Waals surface area contributed by atoms with E-state index in [1.165, 1.54) is 18.2 Å². The van der Waals surface area contributed by atoms with Gasteiger partial charge in [0.2, 0.25) is 0 Å². The Bertz CT molecular complexity index is 793. The van der Waals surface area contributed by atoms with Gasteiger partial charge in [-0.2, -0.15) is 0 Å². The highest BCUT2D eigenvalue weighted by molar-refractivity contribution is 7.92. The van der Waals surface area contributed by atoms with Crippen LogP contribution in [0, 0.1) is 5.82 Å². The fourth-order valence-electron chi connectivity index (χ4n) is 2.75. The second-order valence-electron chi connectivity index (χ2n) is 6.71. The van der Waals surface area contributed by atoms with Crippen LogP contribution in [0.1, 0.15) is 24.2 Å². The SMILES string of the molecule is CN=C(NCCNC(=O)c1ccccc1F)N1CCS(=O)(=O)C(C)(C)C1. The maximum atomic E-state index is 13.6. The number of nitrogens with one attached hydrogen (secondary N) is 2. The highest BCUT2D eigenvalue weighted by Crippen LogP contribution is 2.23. The van der Waals surface area contributed by atoms with E-state index in [4.69, 9.17) is 0 Å². The number of hydrogen-bond acceptors (Lipinski definition) is 4. The predicted octanol–water partition coefficient (Wildman–Crippen LogP) is 0.640. The molecule has 0 unspecified atom stereocenters. The molecular formula is C17H25FN4O3S. The molecule has 0 saturated carbocycles. The summed E-state index contributed by atoms with van der Waals surface area (Å²) in [5.74, 6) is -0.395. The molecule has 0 spiro atoms. The van der Waals surface area contributed by atoms with Crippen molar-refractivity contribution >= 4 is 21.7 Å². The summed E-state index contributed by atoms with van der Waals surface area (Å²) in [6.45, 7) is 4.79. The smallest absolute Gasteiger partial charge is 0.254 e. The number of sulfone groups is 1. The zero-order valence-corrected chi connectivity index (χ0v) is 16.1. The van der Waals surface area contributed by atoms with Gasteiger partial charge in [-0.05, 0) is 26.0 Å². The first-order valence-electron chi connectivity index (χ1n) is 8.38. The van der Waals surface area contributed by atoms with Crippen molar-refractivity contribution in [1.82, 2.24) is 15.5 Å². The molecular weight excluding hydrogens is 359 g/mol. The molecule has 2 rings (SSSR count). The number of guanidine groups is 1. The lowest BCUT2D eigenvalue weighted by Crippen LogP contribution is -2.57. The zero-order chi connectivity index (χ0) is 19.4. The first-order chi connectivity index (χ1) is 12.2. The van der Waals surface area contributed by atoms with E-state index in [1.807, 2.05) is 4.90 Å². The van der Waals surface area contributed by atoms with E-state index in [1.54, 1.807) is 27.0 Å². The minimum absolute atomic E-state index is 0.000121. The topological polar surface area (TPSA) is 90.9 Å². The Balaban J connectivity index is 1.85. The Morgan fingerprint density at radius 2 is 1.92 bits per heavy atom. The van der Waals surface area contributed by atoms with Crippen LogP contribution in [0.3, 0.4) is 0 Å². The number of halogens is 1. The molecule has 1 saturated heterocycles. The van der Waals surface area contributed by atoms with Crippen LogP contribution < -0.4 is 10.6 Å². The third kappa shape index (κ3) is 4.51. The summed E-state index contributed by atoms with van der Waals surface area (Å²) in [5.41, 5.74) is -0.000121. The maximum Gasteiger partial charge on any atom is 0.254 e. The van der Waals surface area contributed by atoms with Gasteiger partial charge in [-0.15, -0.1) is 0 Å². The van der Waals surface area contributed by atoms with E-state index < -0.39 is 26.3 Å². The van der Waals surface area contributed by atoms with Crippen LogP contribution in [-0.4, -0.2) is 68.9 Å². The second-order valence-corrected chi connectivity index (χ2v) is 9.45. The highest BCUT2D eigenvalue weighted by Gasteiger charge is 2.40. The minimum Gasteiger partial charge on any atom is -0.354 e. The fraction of sp³-hybridized carbons (Fsp3) is 0.529. The summed E-state index contributed by atoms with van der Waals surface area (Å²) < 4.78 is 36.9. The molecule has 0 aromatic heterocycles. The number of carbonyl (C=O) groups is 1. The summed E-state index contributed by atoms with van der Waals surface area (Å²) in [5, 5.41) is 5.74. The van der Waals surface area contributed by atoms with Gasteiger partial charge in [0.25, 0.3) is 5.91 Å². The third-order valence-electron chi connectivity index (χ3n) is 4.37. The van der Waals surface area contributed by atoms with Gasteiger partial charge in [-0.3, -0.25) is 9.79 Å². The van der Waals surface area contributed by atoms with Crippen molar-refractivity contribution in [2.24, 2.45) is 4.99 Å². The minimum atomic E-state index is -3.12. The molecule has 1 aliphatic rings. The number of hydrogen-bond donors (Lipinski definition) is 2. The Kier molecular flexibility index (Phi) is 6.22. The van der Waals surface area contributed by atoms with Gasteiger partial charge in [0.05, 0.1) is 16.1 Å². The van der Waals surface area contributed by atoms with Crippen LogP contribution in [0.25, 0.3) is 0 Å². The lowest BCUT2D eigenvalue weighted by Gasteiger charge is -2.39. The van der Waals surface area contributed by atoms with Crippen molar-refractivity contribution in [1.29, 1.82) is 0 Å². The lowest BCUT2D eigenvalue weighted by molar-refractivity contribution is 0.0950. The number of carbonyl (C=O) groups excluding carboxylic acids is 1. The quantitative estimate of drug-likeness (QED) is 0.452. The van der Waals surface area contributed by atoms with Gasteiger partial charge in [0.15, 0.2) is 15.8 Å². The molecule has 0 aliphatic carbocycles.